The maximum absolute atomic E-state index is 10.6. The summed E-state index contributed by atoms with van der Waals surface area (Å²) in [6, 6.07) is 61.0. The number of Topliss-reactive ketones (excluding diaryl/α,β-unsaturated/α-hetero) is 1. The van der Waals surface area contributed by atoms with Gasteiger partial charge in [-0.05, 0) is 54.8 Å². The van der Waals surface area contributed by atoms with Gasteiger partial charge in [0.15, 0.2) is 15.5 Å². The summed E-state index contributed by atoms with van der Waals surface area (Å²) in [7, 11) is -2.65. The van der Waals surface area contributed by atoms with Crippen molar-refractivity contribution in [3.63, 3.8) is 0 Å². The van der Waals surface area contributed by atoms with Crippen molar-refractivity contribution in [2.45, 2.75) is 46.0 Å². The van der Waals surface area contributed by atoms with Crippen LogP contribution in [0.2, 0.25) is 0 Å². The summed E-state index contributed by atoms with van der Waals surface area (Å²) in [4.78, 5) is 10.6. The fourth-order valence-corrected chi connectivity index (χ4v) is 8.13. The Morgan fingerprint density at radius 3 is 1.20 bits per heavy atom. The summed E-state index contributed by atoms with van der Waals surface area (Å²) < 4.78 is 18.8. The molecule has 0 saturated heterocycles. The van der Waals surface area contributed by atoms with Crippen molar-refractivity contribution in [3.05, 3.63) is 204 Å². The fraction of sp³-hybridized carbons (Fsp3) is 0.159. The first-order valence-corrected chi connectivity index (χ1v) is 19.9. The zero-order valence-corrected chi connectivity index (χ0v) is 32.0. The molecule has 0 aliphatic heterocycles. The molecule has 0 radical (unpaired) electrons. The van der Waals surface area contributed by atoms with Gasteiger partial charge >= 0.3 is 9.28 Å². The highest BCUT2D eigenvalue weighted by atomic mass is 28.3. The molecule has 0 spiro atoms. The van der Waals surface area contributed by atoms with Gasteiger partial charge in [0.05, 0.1) is 18.3 Å². The van der Waals surface area contributed by atoms with Crippen molar-refractivity contribution in [3.8, 4) is 0 Å². The van der Waals surface area contributed by atoms with Gasteiger partial charge in [-0.1, -0.05) is 182 Å². The molecule has 4 nitrogen and oxygen atoms in total. The second kappa shape index (κ2) is 21.4. The predicted molar refractivity (Wildman–Crippen MR) is 212 cm³/mol. The molecular formula is C44H48O4Si2. The number of ketones is 1. The molecule has 0 bridgehead atoms. The minimum absolute atomic E-state index is 0.000969. The average Bonchev–Trinajstić information content (AvgIpc) is 3.19. The topological polar surface area (TPSA) is 44.8 Å². The van der Waals surface area contributed by atoms with Crippen molar-refractivity contribution in [2.24, 2.45) is 0 Å². The largest absolute Gasteiger partial charge is 0.412 e. The molecule has 3 atom stereocenters. The number of carbonyl (C=O) groups is 1. The third-order valence-corrected chi connectivity index (χ3v) is 11.8. The van der Waals surface area contributed by atoms with Crippen LogP contribution in [0.1, 0.15) is 73.1 Å². The van der Waals surface area contributed by atoms with Crippen LogP contribution in [0.4, 0.5) is 0 Å². The Morgan fingerprint density at radius 2 is 0.820 bits per heavy atom. The number of hydrogen-bond acceptors (Lipinski definition) is 4. The standard InChI is InChI=1S/C22H24O2Si.C14H16OSi.C8H8O/c1-18(20-12-6-3-7-13-20)23-25(22-16-10-5-11-17-22)24-19(2)21-14-8-4-9-15-21;1-12(13-8-4-2-5-9-13)15-16-14-10-6-3-7-11-14;1-7(9)8-5-3-2-4-6-8/h3-19,25H,1-2H3;2-12H,16H2,1H3;2-6H,1H3. The van der Waals surface area contributed by atoms with Gasteiger partial charge in [0.2, 0.25) is 0 Å². The molecular weight excluding hydrogens is 649 g/mol. The Kier molecular flexibility index (Phi) is 16.3. The first kappa shape index (κ1) is 38.1. The van der Waals surface area contributed by atoms with Gasteiger partial charge in [0.25, 0.3) is 0 Å². The number of benzene rings is 6. The molecule has 0 heterocycles. The van der Waals surface area contributed by atoms with Crippen LogP contribution in [0.5, 0.6) is 0 Å². The van der Waals surface area contributed by atoms with E-state index in [4.69, 9.17) is 13.3 Å². The van der Waals surface area contributed by atoms with Crippen molar-refractivity contribution in [2.75, 3.05) is 0 Å². The molecule has 0 aliphatic rings. The Balaban J connectivity index is 0.000000191. The second-order valence-corrected chi connectivity index (χ2v) is 15.2. The van der Waals surface area contributed by atoms with Crippen LogP contribution in [0.15, 0.2) is 182 Å². The molecule has 3 unspecified atom stereocenters. The first-order valence-electron chi connectivity index (χ1n) is 17.1. The summed E-state index contributed by atoms with van der Waals surface area (Å²) in [5, 5.41) is 2.51. The van der Waals surface area contributed by atoms with Crippen LogP contribution >= 0.6 is 0 Å². The SMILES string of the molecule is CC(=O)c1ccccc1.CC(O[SiH2]c1ccccc1)c1ccccc1.CC(O[SiH](OC(C)c1ccccc1)c1ccccc1)c1ccccc1. The second-order valence-electron chi connectivity index (χ2n) is 11.9. The minimum Gasteiger partial charge on any atom is -0.412 e. The molecule has 6 heteroatoms. The summed E-state index contributed by atoms with van der Waals surface area (Å²) in [5.74, 6) is 0.121. The lowest BCUT2D eigenvalue weighted by Gasteiger charge is -2.25. The van der Waals surface area contributed by atoms with Crippen LogP contribution in [-0.2, 0) is 13.3 Å². The van der Waals surface area contributed by atoms with Gasteiger partial charge < -0.3 is 13.3 Å². The van der Waals surface area contributed by atoms with Gasteiger partial charge in [-0.15, -0.1) is 0 Å². The molecule has 0 amide bonds. The van der Waals surface area contributed by atoms with E-state index in [0.29, 0.717) is 0 Å². The van der Waals surface area contributed by atoms with Crippen LogP contribution in [-0.4, -0.2) is 24.8 Å². The maximum atomic E-state index is 10.6. The Labute approximate surface area is 302 Å². The van der Waals surface area contributed by atoms with Crippen LogP contribution in [0.25, 0.3) is 0 Å². The molecule has 6 aromatic carbocycles. The third-order valence-electron chi connectivity index (χ3n) is 8.06. The van der Waals surface area contributed by atoms with Crippen LogP contribution in [0.3, 0.4) is 0 Å². The van der Waals surface area contributed by atoms with Gasteiger partial charge in [-0.3, -0.25) is 4.79 Å². The minimum atomic E-state index is -2.05. The molecule has 0 aliphatic carbocycles. The monoisotopic (exact) mass is 696 g/mol. The smallest absolute Gasteiger partial charge is 0.356 e. The first-order chi connectivity index (χ1) is 24.4. The van der Waals surface area contributed by atoms with Crippen molar-refractivity contribution < 1.29 is 18.1 Å². The molecule has 0 fully saturated rings. The summed E-state index contributed by atoms with van der Waals surface area (Å²) in [6.45, 7) is 7.87. The Morgan fingerprint density at radius 1 is 0.480 bits per heavy atom. The van der Waals surface area contributed by atoms with E-state index in [0.717, 1.165) is 10.8 Å². The average molecular weight is 697 g/mol. The number of rotatable bonds is 12. The van der Waals surface area contributed by atoms with E-state index < -0.39 is 19.0 Å². The third kappa shape index (κ3) is 13.3. The zero-order chi connectivity index (χ0) is 35.4. The van der Waals surface area contributed by atoms with Crippen molar-refractivity contribution in [1.82, 2.24) is 0 Å². The molecule has 0 N–H and O–H groups in total. The van der Waals surface area contributed by atoms with E-state index in [9.17, 15) is 4.79 Å². The molecule has 0 aromatic heterocycles. The zero-order valence-electron chi connectivity index (χ0n) is 29.5. The van der Waals surface area contributed by atoms with E-state index in [-0.39, 0.29) is 24.1 Å². The highest BCUT2D eigenvalue weighted by molar-refractivity contribution is 6.61. The highest BCUT2D eigenvalue weighted by Gasteiger charge is 2.23. The lowest BCUT2D eigenvalue weighted by molar-refractivity contribution is 0.101. The maximum Gasteiger partial charge on any atom is 0.356 e. The van der Waals surface area contributed by atoms with Crippen molar-refractivity contribution >= 4 is 35.2 Å². The molecule has 256 valence electrons. The predicted octanol–water partition coefficient (Wildman–Crippen LogP) is 8.73. The molecule has 6 aromatic rings. The quantitative estimate of drug-likeness (QED) is 0.0949. The van der Waals surface area contributed by atoms with E-state index in [1.807, 2.05) is 97.1 Å². The molecule has 50 heavy (non-hydrogen) atoms. The summed E-state index contributed by atoms with van der Waals surface area (Å²) in [6.07, 6.45) is 0.204. The van der Waals surface area contributed by atoms with E-state index in [2.05, 4.69) is 106 Å². The fourth-order valence-electron chi connectivity index (χ4n) is 5.06. The van der Waals surface area contributed by atoms with Crippen LogP contribution in [0, 0.1) is 0 Å². The van der Waals surface area contributed by atoms with Crippen LogP contribution < -0.4 is 10.4 Å². The van der Waals surface area contributed by atoms with Gasteiger partial charge in [-0.25, -0.2) is 0 Å². The summed E-state index contributed by atoms with van der Waals surface area (Å²) in [5.41, 5.74) is 4.38. The highest BCUT2D eigenvalue weighted by Crippen LogP contribution is 2.22. The molecule has 0 saturated carbocycles. The lowest BCUT2D eigenvalue weighted by Crippen LogP contribution is -2.38. The normalized spacial score (nSPS) is 13.1. The van der Waals surface area contributed by atoms with Gasteiger partial charge in [-0.2, -0.15) is 0 Å². The van der Waals surface area contributed by atoms with E-state index >= 15 is 0 Å². The van der Waals surface area contributed by atoms with Gasteiger partial charge in [0.1, 0.15) is 0 Å². The van der Waals surface area contributed by atoms with Gasteiger partial charge in [0, 0.05) is 5.56 Å². The number of carbonyl (C=O) groups excluding carboxylic acids is 1. The number of hydrogen-bond donors (Lipinski definition) is 0. The van der Waals surface area contributed by atoms with Crippen molar-refractivity contribution in [1.29, 1.82) is 0 Å². The lowest BCUT2D eigenvalue weighted by atomic mass is 10.1. The summed E-state index contributed by atoms with van der Waals surface area (Å²) >= 11 is 0. The molecule has 6 rings (SSSR count). The Hall–Kier alpha value is -4.70. The van der Waals surface area contributed by atoms with E-state index in [1.54, 1.807) is 6.92 Å². The Bertz CT molecular complexity index is 1710. The van der Waals surface area contributed by atoms with E-state index in [1.165, 1.54) is 21.9 Å².